The molecule has 4 heteroatoms. The Bertz CT molecular complexity index is 591. The van der Waals surface area contributed by atoms with Crippen molar-refractivity contribution >= 4 is 5.78 Å². The molecule has 1 heterocycles. The number of carbonyl (C=O) groups is 1. The van der Waals surface area contributed by atoms with Crippen molar-refractivity contribution in [1.82, 2.24) is 4.98 Å². The minimum absolute atomic E-state index is 0.136. The van der Waals surface area contributed by atoms with E-state index in [1.165, 1.54) is 7.11 Å². The third-order valence-electron chi connectivity index (χ3n) is 2.82. The van der Waals surface area contributed by atoms with Gasteiger partial charge in [-0.15, -0.1) is 0 Å². The van der Waals surface area contributed by atoms with Gasteiger partial charge in [0.15, 0.2) is 17.3 Å². The Morgan fingerprint density at radius 1 is 1.11 bits per heavy atom. The van der Waals surface area contributed by atoms with Crippen molar-refractivity contribution in [2.75, 3.05) is 14.2 Å². The number of hydrogen-bond acceptors (Lipinski definition) is 4. The van der Waals surface area contributed by atoms with Crippen LogP contribution in [0, 0.1) is 6.92 Å². The predicted octanol–water partition coefficient (Wildman–Crippen LogP) is 2.64. The largest absolute Gasteiger partial charge is 0.493 e. The number of para-hydroxylation sites is 1. The highest BCUT2D eigenvalue weighted by atomic mass is 16.5. The number of ketones is 1. The zero-order chi connectivity index (χ0) is 13.8. The van der Waals surface area contributed by atoms with Crippen LogP contribution in [0.3, 0.4) is 0 Å². The molecule has 1 aromatic carbocycles. The van der Waals surface area contributed by atoms with Crippen LogP contribution in [0.4, 0.5) is 0 Å². The van der Waals surface area contributed by atoms with Crippen LogP contribution in [0.5, 0.6) is 11.5 Å². The number of hydrogen-bond donors (Lipinski definition) is 0. The summed E-state index contributed by atoms with van der Waals surface area (Å²) in [4.78, 5) is 16.6. The second-order valence-electron chi connectivity index (χ2n) is 4.06. The van der Waals surface area contributed by atoms with E-state index in [0.717, 1.165) is 5.69 Å². The Hall–Kier alpha value is -2.36. The molecule has 19 heavy (non-hydrogen) atoms. The Kier molecular flexibility index (Phi) is 3.80. The van der Waals surface area contributed by atoms with E-state index in [-0.39, 0.29) is 5.78 Å². The van der Waals surface area contributed by atoms with Gasteiger partial charge in [0.05, 0.1) is 19.8 Å². The fourth-order valence-corrected chi connectivity index (χ4v) is 1.82. The highest BCUT2D eigenvalue weighted by Gasteiger charge is 2.17. The van der Waals surface area contributed by atoms with Crippen LogP contribution in [-0.4, -0.2) is 25.0 Å². The molecule has 0 spiro atoms. The number of aromatic nitrogens is 1. The van der Waals surface area contributed by atoms with E-state index in [0.29, 0.717) is 22.6 Å². The molecule has 0 amide bonds. The van der Waals surface area contributed by atoms with Crippen LogP contribution < -0.4 is 9.47 Å². The fraction of sp³-hybridized carbons (Fsp3) is 0.200. The van der Waals surface area contributed by atoms with Crippen molar-refractivity contribution in [3.05, 3.63) is 53.3 Å². The SMILES string of the molecule is COc1cccc(C(=O)c2ccc(C)nc2)c1OC. The first kappa shape index (κ1) is 13.1. The minimum atomic E-state index is -0.136. The van der Waals surface area contributed by atoms with Crippen molar-refractivity contribution in [3.63, 3.8) is 0 Å². The van der Waals surface area contributed by atoms with Gasteiger partial charge in [-0.2, -0.15) is 0 Å². The van der Waals surface area contributed by atoms with E-state index in [2.05, 4.69) is 4.98 Å². The van der Waals surface area contributed by atoms with Gasteiger partial charge in [0, 0.05) is 17.5 Å². The number of rotatable bonds is 4. The van der Waals surface area contributed by atoms with Crippen LogP contribution >= 0.6 is 0 Å². The first-order valence-electron chi connectivity index (χ1n) is 5.85. The summed E-state index contributed by atoms with van der Waals surface area (Å²) in [5.74, 6) is 0.840. The van der Waals surface area contributed by atoms with Crippen molar-refractivity contribution in [3.8, 4) is 11.5 Å². The molecule has 0 fully saturated rings. The molecular formula is C15H15NO3. The second kappa shape index (κ2) is 5.52. The van der Waals surface area contributed by atoms with Crippen LogP contribution in [0.1, 0.15) is 21.6 Å². The molecule has 0 aliphatic heterocycles. The van der Waals surface area contributed by atoms with Crippen molar-refractivity contribution in [2.45, 2.75) is 6.92 Å². The molecule has 0 N–H and O–H groups in total. The van der Waals surface area contributed by atoms with E-state index in [9.17, 15) is 4.79 Å². The Balaban J connectivity index is 2.46. The Morgan fingerprint density at radius 2 is 1.89 bits per heavy atom. The van der Waals surface area contributed by atoms with E-state index in [1.54, 1.807) is 43.6 Å². The molecule has 0 bridgehead atoms. The van der Waals surface area contributed by atoms with Crippen LogP contribution in [0.2, 0.25) is 0 Å². The van der Waals surface area contributed by atoms with Gasteiger partial charge in [-0.05, 0) is 31.2 Å². The zero-order valence-corrected chi connectivity index (χ0v) is 11.1. The molecule has 98 valence electrons. The van der Waals surface area contributed by atoms with Crippen LogP contribution in [0.15, 0.2) is 36.5 Å². The summed E-state index contributed by atoms with van der Waals surface area (Å²) in [7, 11) is 3.06. The summed E-state index contributed by atoms with van der Waals surface area (Å²) in [6.45, 7) is 1.88. The van der Waals surface area contributed by atoms with Crippen LogP contribution in [-0.2, 0) is 0 Å². The van der Waals surface area contributed by atoms with Gasteiger partial charge in [0.25, 0.3) is 0 Å². The average molecular weight is 257 g/mol. The molecule has 4 nitrogen and oxygen atoms in total. The van der Waals surface area contributed by atoms with E-state index in [1.807, 2.05) is 6.92 Å². The van der Waals surface area contributed by atoms with E-state index in [4.69, 9.17) is 9.47 Å². The lowest BCUT2D eigenvalue weighted by Gasteiger charge is -2.11. The van der Waals surface area contributed by atoms with Gasteiger partial charge < -0.3 is 9.47 Å². The molecule has 0 saturated heterocycles. The maximum atomic E-state index is 12.4. The molecule has 0 saturated carbocycles. The molecule has 0 radical (unpaired) electrons. The van der Waals surface area contributed by atoms with E-state index < -0.39 is 0 Å². The van der Waals surface area contributed by atoms with Crippen molar-refractivity contribution in [1.29, 1.82) is 0 Å². The predicted molar refractivity (Wildman–Crippen MR) is 72.0 cm³/mol. The van der Waals surface area contributed by atoms with Gasteiger partial charge in [-0.3, -0.25) is 9.78 Å². The smallest absolute Gasteiger partial charge is 0.198 e. The lowest BCUT2D eigenvalue weighted by atomic mass is 10.0. The second-order valence-corrected chi connectivity index (χ2v) is 4.06. The summed E-state index contributed by atoms with van der Waals surface area (Å²) in [6.07, 6.45) is 1.57. The molecule has 0 aliphatic carbocycles. The van der Waals surface area contributed by atoms with Gasteiger partial charge >= 0.3 is 0 Å². The van der Waals surface area contributed by atoms with Crippen LogP contribution in [0.25, 0.3) is 0 Å². The third kappa shape index (κ3) is 2.57. The highest BCUT2D eigenvalue weighted by molar-refractivity contribution is 6.11. The first-order valence-corrected chi connectivity index (χ1v) is 5.85. The normalized spacial score (nSPS) is 10.1. The van der Waals surface area contributed by atoms with Gasteiger partial charge in [0.1, 0.15) is 0 Å². The fourth-order valence-electron chi connectivity index (χ4n) is 1.82. The maximum absolute atomic E-state index is 12.4. The number of methoxy groups -OCH3 is 2. The number of nitrogens with zero attached hydrogens (tertiary/aromatic N) is 1. The summed E-state index contributed by atoms with van der Waals surface area (Å²) in [5, 5.41) is 0. The van der Waals surface area contributed by atoms with Gasteiger partial charge in [-0.25, -0.2) is 0 Å². The molecule has 2 aromatic rings. The molecule has 1 aromatic heterocycles. The Morgan fingerprint density at radius 3 is 2.47 bits per heavy atom. The van der Waals surface area contributed by atoms with Crippen molar-refractivity contribution < 1.29 is 14.3 Å². The monoisotopic (exact) mass is 257 g/mol. The summed E-state index contributed by atoms with van der Waals surface area (Å²) in [5.41, 5.74) is 1.86. The quantitative estimate of drug-likeness (QED) is 0.790. The topological polar surface area (TPSA) is 48.4 Å². The lowest BCUT2D eigenvalue weighted by molar-refractivity contribution is 0.103. The summed E-state index contributed by atoms with van der Waals surface area (Å²) >= 11 is 0. The molecule has 0 aliphatic rings. The minimum Gasteiger partial charge on any atom is -0.493 e. The Labute approximate surface area is 112 Å². The number of carbonyl (C=O) groups excluding carboxylic acids is 1. The summed E-state index contributed by atoms with van der Waals surface area (Å²) in [6, 6.07) is 8.78. The number of aryl methyl sites for hydroxylation is 1. The van der Waals surface area contributed by atoms with Gasteiger partial charge in [0.2, 0.25) is 0 Å². The number of ether oxygens (including phenoxy) is 2. The first-order chi connectivity index (χ1) is 9.17. The summed E-state index contributed by atoms with van der Waals surface area (Å²) < 4.78 is 10.5. The average Bonchev–Trinajstić information content (AvgIpc) is 2.46. The highest BCUT2D eigenvalue weighted by Crippen LogP contribution is 2.32. The maximum Gasteiger partial charge on any atom is 0.198 e. The third-order valence-corrected chi connectivity index (χ3v) is 2.82. The van der Waals surface area contributed by atoms with E-state index >= 15 is 0 Å². The van der Waals surface area contributed by atoms with Crippen molar-refractivity contribution in [2.24, 2.45) is 0 Å². The molecule has 0 unspecified atom stereocenters. The number of pyridine rings is 1. The van der Waals surface area contributed by atoms with Gasteiger partial charge in [-0.1, -0.05) is 6.07 Å². The number of benzene rings is 1. The zero-order valence-electron chi connectivity index (χ0n) is 11.1. The molecular weight excluding hydrogens is 242 g/mol. The molecule has 0 atom stereocenters. The standard InChI is InChI=1S/C15H15NO3/c1-10-7-8-11(9-16-10)14(17)12-5-4-6-13(18-2)15(12)19-3/h4-9H,1-3H3. The molecule has 2 rings (SSSR count). The lowest BCUT2D eigenvalue weighted by Crippen LogP contribution is -2.05.